The molecule has 4 heteroatoms. The van der Waals surface area contributed by atoms with Crippen LogP contribution in [-0.4, -0.2) is 9.97 Å². The molecule has 2 aromatic rings. The largest absolute Gasteiger partial charge is 0.349 e. The maximum absolute atomic E-state index is 8.69. The van der Waals surface area contributed by atoms with Crippen LogP contribution in [0, 0.1) is 11.3 Å². The Morgan fingerprint density at radius 2 is 2.25 bits per heavy atom. The molecule has 3 nitrogen and oxygen atoms in total. The van der Waals surface area contributed by atoms with Crippen molar-refractivity contribution in [2.75, 3.05) is 0 Å². The predicted molar refractivity (Wildman–Crippen MR) is 64.3 cm³/mol. The van der Waals surface area contributed by atoms with Crippen LogP contribution in [0.4, 0.5) is 0 Å². The monoisotopic (exact) mass is 231 g/mol. The van der Waals surface area contributed by atoms with Gasteiger partial charge >= 0.3 is 0 Å². The van der Waals surface area contributed by atoms with Gasteiger partial charge in [0.2, 0.25) is 0 Å². The van der Waals surface area contributed by atoms with Crippen LogP contribution in [0.15, 0.2) is 23.8 Å². The van der Waals surface area contributed by atoms with Gasteiger partial charge in [-0.3, -0.25) is 0 Å². The Labute approximate surface area is 98.8 Å². The Kier molecular flexibility index (Phi) is 3.73. The van der Waals surface area contributed by atoms with E-state index in [-0.39, 0.29) is 0 Å². The Hall–Kier alpha value is -1.60. The van der Waals surface area contributed by atoms with Crippen LogP contribution in [0.1, 0.15) is 29.1 Å². The van der Waals surface area contributed by atoms with Gasteiger partial charge in [-0.15, -0.1) is 11.3 Å². The van der Waals surface area contributed by atoms with E-state index in [9.17, 15) is 0 Å². The van der Waals surface area contributed by atoms with Gasteiger partial charge in [0.1, 0.15) is 5.82 Å². The Morgan fingerprint density at radius 1 is 1.38 bits per heavy atom. The molecule has 0 atom stereocenters. The minimum absolute atomic E-state index is 0.783. The van der Waals surface area contributed by atoms with E-state index < -0.39 is 0 Å². The Balaban J connectivity index is 1.70. The molecule has 0 aliphatic carbocycles. The van der Waals surface area contributed by atoms with E-state index in [1.54, 1.807) is 17.5 Å². The predicted octanol–water partition coefficient (Wildman–Crippen LogP) is 2.91. The summed E-state index contributed by atoms with van der Waals surface area (Å²) in [4.78, 5) is 8.58. The highest BCUT2D eigenvalue weighted by Gasteiger charge is 2.00. The molecule has 2 aromatic heterocycles. The van der Waals surface area contributed by atoms with Crippen LogP contribution < -0.4 is 0 Å². The van der Waals surface area contributed by atoms with Gasteiger partial charge in [-0.05, 0) is 25.3 Å². The number of hydrogen-bond donors (Lipinski definition) is 1. The number of rotatable bonds is 5. The minimum Gasteiger partial charge on any atom is -0.349 e. The summed E-state index contributed by atoms with van der Waals surface area (Å²) in [5.41, 5.74) is 0.783. The van der Waals surface area contributed by atoms with Gasteiger partial charge in [-0.25, -0.2) is 4.98 Å². The summed E-state index contributed by atoms with van der Waals surface area (Å²) in [6, 6.07) is 4.14. The second kappa shape index (κ2) is 5.47. The minimum atomic E-state index is 0.783. The van der Waals surface area contributed by atoms with E-state index in [4.69, 9.17) is 5.26 Å². The van der Waals surface area contributed by atoms with Crippen LogP contribution >= 0.6 is 11.3 Å². The zero-order valence-electron chi connectivity index (χ0n) is 8.94. The number of hydrogen-bond acceptors (Lipinski definition) is 3. The van der Waals surface area contributed by atoms with Crippen molar-refractivity contribution in [1.29, 1.82) is 5.26 Å². The molecular weight excluding hydrogens is 218 g/mol. The normalized spacial score (nSPS) is 10.2. The molecule has 0 saturated heterocycles. The smallest absolute Gasteiger partial charge is 0.105 e. The number of aromatic amines is 1. The van der Waals surface area contributed by atoms with Gasteiger partial charge < -0.3 is 4.98 Å². The van der Waals surface area contributed by atoms with Crippen LogP contribution in [0.3, 0.4) is 0 Å². The fraction of sp³-hybridized carbons (Fsp3) is 0.333. The lowest BCUT2D eigenvalue weighted by Crippen LogP contribution is -1.89. The molecular formula is C12H13N3S. The van der Waals surface area contributed by atoms with Crippen molar-refractivity contribution < 1.29 is 0 Å². The third-order valence-electron chi connectivity index (χ3n) is 2.42. The highest BCUT2D eigenvalue weighted by atomic mass is 32.1. The summed E-state index contributed by atoms with van der Waals surface area (Å²) >= 11 is 1.68. The van der Waals surface area contributed by atoms with Crippen LogP contribution in [0.25, 0.3) is 0 Å². The highest BCUT2D eigenvalue weighted by Crippen LogP contribution is 2.16. The quantitative estimate of drug-likeness (QED) is 0.804. The van der Waals surface area contributed by atoms with Crippen LogP contribution in [0.5, 0.6) is 0 Å². The molecule has 0 saturated carbocycles. The number of nitrogens with zero attached hydrogens (tertiary/aromatic N) is 2. The summed E-state index contributed by atoms with van der Waals surface area (Å²) in [6.07, 6.45) is 7.98. The fourth-order valence-corrected chi connectivity index (χ4v) is 2.45. The van der Waals surface area contributed by atoms with E-state index in [2.05, 4.69) is 16.0 Å². The molecule has 1 N–H and O–H groups in total. The van der Waals surface area contributed by atoms with E-state index in [1.165, 1.54) is 4.88 Å². The number of H-pyrrole nitrogens is 1. The molecule has 0 aliphatic heterocycles. The number of nitrogens with one attached hydrogen (secondary N) is 1. The summed E-state index contributed by atoms with van der Waals surface area (Å²) < 4.78 is 0. The Bertz CT molecular complexity index is 465. The van der Waals surface area contributed by atoms with Gasteiger partial charge in [0, 0.05) is 29.1 Å². The molecule has 82 valence electrons. The van der Waals surface area contributed by atoms with E-state index >= 15 is 0 Å². The summed E-state index contributed by atoms with van der Waals surface area (Å²) in [5.74, 6) is 1.06. The molecule has 0 bridgehead atoms. The first kappa shape index (κ1) is 10.9. The molecule has 2 rings (SSSR count). The van der Waals surface area contributed by atoms with Crippen molar-refractivity contribution in [3.05, 3.63) is 40.1 Å². The summed E-state index contributed by atoms with van der Waals surface area (Å²) in [6.45, 7) is 0. The molecule has 0 amide bonds. The fourth-order valence-electron chi connectivity index (χ4n) is 1.60. The molecule has 0 aromatic carbocycles. The van der Waals surface area contributed by atoms with Gasteiger partial charge in [-0.1, -0.05) is 0 Å². The summed E-state index contributed by atoms with van der Waals surface area (Å²) in [5, 5.41) is 10.6. The van der Waals surface area contributed by atoms with Crippen molar-refractivity contribution in [1.82, 2.24) is 9.97 Å². The zero-order chi connectivity index (χ0) is 11.2. The lowest BCUT2D eigenvalue weighted by atomic mass is 10.1. The number of thiophene rings is 1. The second-order valence-electron chi connectivity index (χ2n) is 3.66. The highest BCUT2D eigenvalue weighted by molar-refractivity contribution is 7.10. The second-order valence-corrected chi connectivity index (χ2v) is 4.65. The van der Waals surface area contributed by atoms with Gasteiger partial charge in [0.15, 0.2) is 0 Å². The Morgan fingerprint density at radius 3 is 2.94 bits per heavy atom. The number of unbranched alkanes of at least 4 members (excludes halogenated alkanes) is 1. The standard InChI is InChI=1S/C12H13N3S/c13-8-10-7-11(16-9-10)3-1-2-4-12-14-5-6-15-12/h5-7,9H,1-4H2,(H,14,15). The lowest BCUT2D eigenvalue weighted by Gasteiger charge is -1.97. The molecule has 0 aliphatic rings. The first-order chi connectivity index (χ1) is 7.88. The average Bonchev–Trinajstić information content (AvgIpc) is 2.95. The number of imidazole rings is 1. The van der Waals surface area contributed by atoms with Gasteiger partial charge in [0.05, 0.1) is 11.6 Å². The van der Waals surface area contributed by atoms with Crippen LogP contribution in [-0.2, 0) is 12.8 Å². The SMILES string of the molecule is N#Cc1csc(CCCCc2ncc[nH]2)c1. The van der Waals surface area contributed by atoms with Crippen molar-refractivity contribution in [2.45, 2.75) is 25.7 Å². The first-order valence-electron chi connectivity index (χ1n) is 5.34. The van der Waals surface area contributed by atoms with E-state index in [1.807, 2.05) is 17.6 Å². The lowest BCUT2D eigenvalue weighted by molar-refractivity contribution is 0.718. The molecule has 0 radical (unpaired) electrons. The first-order valence-corrected chi connectivity index (χ1v) is 6.22. The maximum atomic E-state index is 8.69. The maximum Gasteiger partial charge on any atom is 0.105 e. The van der Waals surface area contributed by atoms with Crippen molar-refractivity contribution >= 4 is 11.3 Å². The van der Waals surface area contributed by atoms with Crippen molar-refractivity contribution in [3.63, 3.8) is 0 Å². The topological polar surface area (TPSA) is 52.5 Å². The van der Waals surface area contributed by atoms with E-state index in [0.717, 1.165) is 37.1 Å². The molecule has 0 spiro atoms. The van der Waals surface area contributed by atoms with E-state index in [0.29, 0.717) is 0 Å². The third-order valence-corrected chi connectivity index (χ3v) is 3.42. The van der Waals surface area contributed by atoms with Crippen LogP contribution in [0.2, 0.25) is 0 Å². The van der Waals surface area contributed by atoms with Gasteiger partial charge in [-0.2, -0.15) is 5.26 Å². The average molecular weight is 231 g/mol. The molecule has 2 heterocycles. The third kappa shape index (κ3) is 2.94. The number of aromatic nitrogens is 2. The van der Waals surface area contributed by atoms with Gasteiger partial charge in [0.25, 0.3) is 0 Å². The zero-order valence-corrected chi connectivity index (χ0v) is 9.76. The number of aryl methyl sites for hydroxylation is 2. The van der Waals surface area contributed by atoms with Crippen molar-refractivity contribution in [2.24, 2.45) is 0 Å². The molecule has 0 fully saturated rings. The summed E-state index contributed by atoms with van der Waals surface area (Å²) in [7, 11) is 0. The number of nitriles is 1. The van der Waals surface area contributed by atoms with Crippen molar-refractivity contribution in [3.8, 4) is 6.07 Å². The molecule has 0 unspecified atom stereocenters. The molecule has 16 heavy (non-hydrogen) atoms.